The van der Waals surface area contributed by atoms with Crippen LogP contribution < -0.4 is 5.32 Å². The summed E-state index contributed by atoms with van der Waals surface area (Å²) in [7, 11) is 0. The molecule has 3 heteroatoms. The van der Waals surface area contributed by atoms with Crippen molar-refractivity contribution in [3.63, 3.8) is 0 Å². The first-order chi connectivity index (χ1) is 10.2. The topological polar surface area (TPSA) is 29.1 Å². The highest BCUT2D eigenvalue weighted by molar-refractivity contribution is 9.09. The second kappa shape index (κ2) is 6.95. The Balaban J connectivity index is 1.68. The van der Waals surface area contributed by atoms with Gasteiger partial charge in [0.05, 0.1) is 0 Å². The summed E-state index contributed by atoms with van der Waals surface area (Å²) >= 11 is 3.83. The molecule has 1 fully saturated rings. The van der Waals surface area contributed by atoms with Gasteiger partial charge in [-0.3, -0.25) is 4.79 Å². The van der Waals surface area contributed by atoms with Crippen LogP contribution in [0.1, 0.15) is 71.3 Å². The van der Waals surface area contributed by atoms with E-state index in [2.05, 4.69) is 39.4 Å². The van der Waals surface area contributed by atoms with E-state index < -0.39 is 0 Å². The Morgan fingerprint density at radius 1 is 1.24 bits per heavy atom. The molecule has 0 saturated heterocycles. The molecule has 1 aromatic carbocycles. The number of aryl methyl sites for hydroxylation is 1. The van der Waals surface area contributed by atoms with Crippen molar-refractivity contribution in [3.05, 3.63) is 34.9 Å². The van der Waals surface area contributed by atoms with Crippen LogP contribution in [0, 0.1) is 5.92 Å². The molecule has 0 spiro atoms. The number of carbonyl (C=O) groups excluding carboxylic acids is 1. The fourth-order valence-corrected chi connectivity index (χ4v) is 4.19. The number of fused-ring (bicyclic) bond motifs is 1. The predicted molar refractivity (Wildman–Crippen MR) is 90.0 cm³/mol. The van der Waals surface area contributed by atoms with Gasteiger partial charge in [-0.1, -0.05) is 53.7 Å². The number of carbonyl (C=O) groups is 1. The van der Waals surface area contributed by atoms with Gasteiger partial charge in [-0.05, 0) is 48.8 Å². The molecular formula is C18H24BrNO. The number of benzene rings is 1. The fourth-order valence-electron chi connectivity index (χ4n) is 3.64. The summed E-state index contributed by atoms with van der Waals surface area (Å²) in [6, 6.07) is 6.45. The zero-order valence-electron chi connectivity index (χ0n) is 12.5. The molecule has 21 heavy (non-hydrogen) atoms. The van der Waals surface area contributed by atoms with E-state index in [9.17, 15) is 4.79 Å². The number of hydrogen-bond acceptors (Lipinski definition) is 1. The quantitative estimate of drug-likeness (QED) is 0.779. The molecule has 0 aromatic heterocycles. The summed E-state index contributed by atoms with van der Waals surface area (Å²) in [6.07, 6.45) is 10.2. The van der Waals surface area contributed by atoms with Crippen LogP contribution in [0.2, 0.25) is 0 Å². The molecule has 114 valence electrons. The zero-order chi connectivity index (χ0) is 14.7. The van der Waals surface area contributed by atoms with Crippen LogP contribution in [0.15, 0.2) is 18.2 Å². The van der Waals surface area contributed by atoms with Crippen LogP contribution >= 0.6 is 15.9 Å². The minimum Gasteiger partial charge on any atom is -0.352 e. The number of hydrogen-bond donors (Lipinski definition) is 1. The van der Waals surface area contributed by atoms with E-state index >= 15 is 0 Å². The Morgan fingerprint density at radius 2 is 2.05 bits per heavy atom. The van der Waals surface area contributed by atoms with Crippen molar-refractivity contribution >= 4 is 21.8 Å². The van der Waals surface area contributed by atoms with Crippen LogP contribution in [0.25, 0.3) is 0 Å². The van der Waals surface area contributed by atoms with Crippen molar-refractivity contribution in [3.8, 4) is 0 Å². The van der Waals surface area contributed by atoms with Crippen molar-refractivity contribution in [2.75, 3.05) is 6.54 Å². The molecule has 1 unspecified atom stereocenters. The van der Waals surface area contributed by atoms with E-state index in [1.807, 2.05) is 0 Å². The van der Waals surface area contributed by atoms with Gasteiger partial charge < -0.3 is 5.32 Å². The maximum atomic E-state index is 12.1. The number of amides is 1. The van der Waals surface area contributed by atoms with Crippen LogP contribution in [0.5, 0.6) is 0 Å². The molecule has 1 atom stereocenters. The highest BCUT2D eigenvalue weighted by Crippen LogP contribution is 2.35. The number of nitrogens with one attached hydrogen (secondary N) is 1. The zero-order valence-corrected chi connectivity index (χ0v) is 14.1. The lowest BCUT2D eigenvalue weighted by atomic mass is 9.95. The summed E-state index contributed by atoms with van der Waals surface area (Å²) in [5, 5.41) is 2.99. The van der Waals surface area contributed by atoms with Gasteiger partial charge in [0.15, 0.2) is 0 Å². The molecule has 1 saturated carbocycles. The average Bonchev–Trinajstić information content (AvgIpc) is 2.95. The average molecular weight is 350 g/mol. The van der Waals surface area contributed by atoms with Crippen molar-refractivity contribution in [2.45, 2.75) is 56.2 Å². The van der Waals surface area contributed by atoms with Gasteiger partial charge in [0.2, 0.25) is 0 Å². The van der Waals surface area contributed by atoms with Crippen LogP contribution in [-0.2, 0) is 6.42 Å². The minimum atomic E-state index is 0.0971. The van der Waals surface area contributed by atoms with Gasteiger partial charge in [0.25, 0.3) is 5.91 Å². The second-order valence-corrected chi connectivity index (χ2v) is 7.58. The summed E-state index contributed by atoms with van der Waals surface area (Å²) in [4.78, 5) is 12.5. The second-order valence-electron chi connectivity index (χ2n) is 6.47. The van der Waals surface area contributed by atoms with E-state index in [1.54, 1.807) is 0 Å². The van der Waals surface area contributed by atoms with Crippen molar-refractivity contribution < 1.29 is 4.79 Å². The normalized spacial score (nSPS) is 20.7. The van der Waals surface area contributed by atoms with Gasteiger partial charge in [0.1, 0.15) is 0 Å². The third kappa shape index (κ3) is 3.68. The van der Waals surface area contributed by atoms with E-state index in [1.165, 1.54) is 49.7 Å². The third-order valence-electron chi connectivity index (χ3n) is 4.95. The largest absolute Gasteiger partial charge is 0.352 e. The van der Waals surface area contributed by atoms with Crippen molar-refractivity contribution in [1.82, 2.24) is 5.32 Å². The van der Waals surface area contributed by atoms with Gasteiger partial charge in [-0.15, -0.1) is 0 Å². The molecule has 0 radical (unpaired) electrons. The molecule has 3 rings (SSSR count). The van der Waals surface area contributed by atoms with Crippen molar-refractivity contribution in [1.29, 1.82) is 0 Å². The Morgan fingerprint density at radius 3 is 2.86 bits per heavy atom. The first kappa shape index (κ1) is 15.1. The Kier molecular flexibility index (Phi) is 4.99. The highest BCUT2D eigenvalue weighted by atomic mass is 79.9. The van der Waals surface area contributed by atoms with Gasteiger partial charge >= 0.3 is 0 Å². The predicted octanol–water partition coefficient (Wildman–Crippen LogP) is 4.77. The van der Waals surface area contributed by atoms with E-state index in [0.29, 0.717) is 4.83 Å². The molecule has 0 bridgehead atoms. The Hall–Kier alpha value is -0.830. The smallest absolute Gasteiger partial charge is 0.251 e. The summed E-state index contributed by atoms with van der Waals surface area (Å²) in [5.41, 5.74) is 3.34. The van der Waals surface area contributed by atoms with E-state index in [-0.39, 0.29) is 5.91 Å². The summed E-state index contributed by atoms with van der Waals surface area (Å²) < 4.78 is 0. The molecule has 1 N–H and O–H groups in total. The van der Waals surface area contributed by atoms with Crippen LogP contribution in [-0.4, -0.2) is 12.5 Å². The molecule has 1 aliphatic carbocycles. The number of alkyl halides is 1. The first-order valence-corrected chi connectivity index (χ1v) is 9.20. The van der Waals surface area contributed by atoms with Crippen molar-refractivity contribution in [2.24, 2.45) is 5.92 Å². The molecule has 2 nitrogen and oxygen atoms in total. The number of rotatable bonds is 4. The Bertz CT molecular complexity index is 508. The maximum Gasteiger partial charge on any atom is 0.251 e. The standard InChI is InChI=1S/C18H24BrNO/c19-17(10-7-13-4-1-2-5-13)15-9-8-14-6-3-11-20-18(21)16(14)12-15/h8-9,12-13,17H,1-7,10-11H2,(H,20,21). The molecule has 1 heterocycles. The van der Waals surface area contributed by atoms with E-state index in [0.717, 1.165) is 30.9 Å². The maximum absolute atomic E-state index is 12.1. The fraction of sp³-hybridized carbons (Fsp3) is 0.611. The molecular weight excluding hydrogens is 326 g/mol. The summed E-state index contributed by atoms with van der Waals surface area (Å²) in [5.74, 6) is 1.02. The lowest BCUT2D eigenvalue weighted by Crippen LogP contribution is -2.22. The minimum absolute atomic E-state index is 0.0971. The SMILES string of the molecule is O=C1NCCCc2ccc(C(Br)CCC3CCCC3)cc21. The molecule has 1 amide bonds. The molecule has 1 aromatic rings. The number of halogens is 1. The van der Waals surface area contributed by atoms with Gasteiger partial charge in [0, 0.05) is 16.9 Å². The first-order valence-electron chi connectivity index (χ1n) is 8.29. The third-order valence-corrected chi connectivity index (χ3v) is 5.94. The lowest BCUT2D eigenvalue weighted by molar-refractivity contribution is 0.0956. The summed E-state index contributed by atoms with van der Waals surface area (Å²) in [6.45, 7) is 0.794. The lowest BCUT2D eigenvalue weighted by Gasteiger charge is -2.15. The monoisotopic (exact) mass is 349 g/mol. The van der Waals surface area contributed by atoms with Gasteiger partial charge in [-0.25, -0.2) is 0 Å². The highest BCUT2D eigenvalue weighted by Gasteiger charge is 2.20. The van der Waals surface area contributed by atoms with Crippen LogP contribution in [0.4, 0.5) is 0 Å². The molecule has 1 aliphatic heterocycles. The van der Waals surface area contributed by atoms with E-state index in [4.69, 9.17) is 0 Å². The van der Waals surface area contributed by atoms with Gasteiger partial charge in [-0.2, -0.15) is 0 Å². The Labute approximate surface area is 135 Å². The van der Waals surface area contributed by atoms with Crippen LogP contribution in [0.3, 0.4) is 0 Å². The molecule has 2 aliphatic rings.